The van der Waals surface area contributed by atoms with Crippen molar-refractivity contribution in [2.24, 2.45) is 5.84 Å². The summed E-state index contributed by atoms with van der Waals surface area (Å²) in [5, 5.41) is 3.10. The molecule has 7 heteroatoms. The predicted molar refractivity (Wildman–Crippen MR) is 67.7 cm³/mol. The molecule has 1 rings (SSSR count). The third-order valence-electron chi connectivity index (χ3n) is 3.02. The SMILES string of the molecule is CCOC(=O)CCCCCCC1C(=O)NC(=O)N1N. The maximum Gasteiger partial charge on any atom is 0.338 e. The van der Waals surface area contributed by atoms with Gasteiger partial charge < -0.3 is 4.74 Å². The van der Waals surface area contributed by atoms with Crippen molar-refractivity contribution in [3.63, 3.8) is 0 Å². The van der Waals surface area contributed by atoms with Gasteiger partial charge in [-0.15, -0.1) is 0 Å². The van der Waals surface area contributed by atoms with Crippen LogP contribution in [0.3, 0.4) is 0 Å². The smallest absolute Gasteiger partial charge is 0.338 e. The number of esters is 1. The molecule has 1 aliphatic heterocycles. The summed E-state index contributed by atoms with van der Waals surface area (Å²) in [6, 6.07) is -1.10. The van der Waals surface area contributed by atoms with Crippen LogP contribution in [0.2, 0.25) is 0 Å². The first-order valence-electron chi connectivity index (χ1n) is 6.60. The summed E-state index contributed by atoms with van der Waals surface area (Å²) in [7, 11) is 0. The zero-order chi connectivity index (χ0) is 14.3. The quantitative estimate of drug-likeness (QED) is 0.222. The number of nitrogens with one attached hydrogen (secondary N) is 1. The molecule has 0 saturated carbocycles. The number of ether oxygens (including phenoxy) is 1. The van der Waals surface area contributed by atoms with Crippen LogP contribution in [-0.2, 0) is 14.3 Å². The number of rotatable bonds is 8. The Labute approximate surface area is 112 Å². The number of carbonyl (C=O) groups excluding carboxylic acids is 3. The van der Waals surface area contributed by atoms with Gasteiger partial charge in [0, 0.05) is 6.42 Å². The molecule has 1 saturated heterocycles. The first-order chi connectivity index (χ1) is 9.06. The zero-order valence-corrected chi connectivity index (χ0v) is 11.2. The van der Waals surface area contributed by atoms with Crippen LogP contribution in [0.15, 0.2) is 0 Å². The number of hydrazine groups is 1. The molecule has 1 atom stereocenters. The molecule has 0 radical (unpaired) electrons. The van der Waals surface area contributed by atoms with Crippen LogP contribution >= 0.6 is 0 Å². The predicted octanol–water partition coefficient (Wildman–Crippen LogP) is 0.684. The van der Waals surface area contributed by atoms with Gasteiger partial charge in [-0.1, -0.05) is 19.3 Å². The van der Waals surface area contributed by atoms with Crippen LogP contribution in [0.25, 0.3) is 0 Å². The molecule has 19 heavy (non-hydrogen) atoms. The summed E-state index contributed by atoms with van der Waals surface area (Å²) in [6.07, 6.45) is 4.34. The molecular weight excluding hydrogens is 250 g/mol. The van der Waals surface area contributed by atoms with Crippen molar-refractivity contribution in [1.82, 2.24) is 10.3 Å². The summed E-state index contributed by atoms with van der Waals surface area (Å²) < 4.78 is 4.82. The minimum absolute atomic E-state index is 0.170. The van der Waals surface area contributed by atoms with Crippen molar-refractivity contribution in [1.29, 1.82) is 0 Å². The molecule has 3 N–H and O–H groups in total. The molecule has 0 bridgehead atoms. The van der Waals surface area contributed by atoms with Gasteiger partial charge in [-0.25, -0.2) is 15.6 Å². The summed E-state index contributed by atoms with van der Waals surface area (Å²) in [4.78, 5) is 33.5. The van der Waals surface area contributed by atoms with E-state index in [1.54, 1.807) is 6.92 Å². The maximum atomic E-state index is 11.4. The number of nitrogens with zero attached hydrogens (tertiary/aromatic N) is 1. The number of nitrogens with two attached hydrogens (primary N) is 1. The second-order valence-corrected chi connectivity index (χ2v) is 4.48. The number of urea groups is 1. The fraction of sp³-hybridized carbons (Fsp3) is 0.750. The van der Waals surface area contributed by atoms with E-state index < -0.39 is 12.1 Å². The van der Waals surface area contributed by atoms with E-state index in [1.165, 1.54) is 0 Å². The Kier molecular flexibility index (Phi) is 6.27. The lowest BCUT2D eigenvalue weighted by Gasteiger charge is -2.14. The Hall–Kier alpha value is -1.63. The third kappa shape index (κ3) is 4.86. The summed E-state index contributed by atoms with van der Waals surface area (Å²) >= 11 is 0. The second-order valence-electron chi connectivity index (χ2n) is 4.48. The molecule has 0 aromatic carbocycles. The summed E-state index contributed by atoms with van der Waals surface area (Å²) in [5.74, 6) is 4.96. The van der Waals surface area contributed by atoms with Crippen molar-refractivity contribution in [3.05, 3.63) is 0 Å². The second kappa shape index (κ2) is 7.73. The average molecular weight is 271 g/mol. The topological polar surface area (TPSA) is 102 Å². The third-order valence-corrected chi connectivity index (χ3v) is 3.02. The Balaban J connectivity index is 2.07. The lowest BCUT2D eigenvalue weighted by Crippen LogP contribution is -2.40. The Morgan fingerprint density at radius 3 is 2.58 bits per heavy atom. The van der Waals surface area contributed by atoms with E-state index in [0.717, 1.165) is 30.7 Å². The molecule has 1 aliphatic rings. The largest absolute Gasteiger partial charge is 0.466 e. The number of unbranched alkanes of at least 4 members (excludes halogenated alkanes) is 3. The Morgan fingerprint density at radius 2 is 2.00 bits per heavy atom. The fourth-order valence-electron chi connectivity index (χ4n) is 1.99. The van der Waals surface area contributed by atoms with Crippen molar-refractivity contribution in [2.75, 3.05) is 6.61 Å². The molecule has 0 aromatic heterocycles. The monoisotopic (exact) mass is 271 g/mol. The van der Waals surface area contributed by atoms with Crippen molar-refractivity contribution >= 4 is 17.9 Å². The fourth-order valence-corrected chi connectivity index (χ4v) is 1.99. The lowest BCUT2D eigenvalue weighted by atomic mass is 10.1. The molecular formula is C12H21N3O4. The van der Waals surface area contributed by atoms with Crippen LogP contribution in [-0.4, -0.2) is 35.6 Å². The minimum atomic E-state index is -0.558. The normalized spacial score (nSPS) is 18.6. The van der Waals surface area contributed by atoms with Gasteiger partial charge in [0.15, 0.2) is 0 Å². The number of imide groups is 1. The number of hydrogen-bond acceptors (Lipinski definition) is 5. The molecule has 0 aromatic rings. The first-order valence-corrected chi connectivity index (χ1v) is 6.60. The van der Waals surface area contributed by atoms with Gasteiger partial charge in [0.2, 0.25) is 0 Å². The lowest BCUT2D eigenvalue weighted by molar-refractivity contribution is -0.143. The van der Waals surface area contributed by atoms with E-state index in [9.17, 15) is 14.4 Å². The maximum absolute atomic E-state index is 11.4. The van der Waals surface area contributed by atoms with E-state index in [4.69, 9.17) is 10.6 Å². The average Bonchev–Trinajstić information content (AvgIpc) is 2.59. The van der Waals surface area contributed by atoms with Crippen LogP contribution in [0, 0.1) is 0 Å². The van der Waals surface area contributed by atoms with Gasteiger partial charge in [0.25, 0.3) is 5.91 Å². The van der Waals surface area contributed by atoms with E-state index in [0.29, 0.717) is 19.4 Å². The molecule has 108 valence electrons. The molecule has 1 unspecified atom stereocenters. The first kappa shape index (κ1) is 15.4. The standard InChI is InChI=1S/C12H21N3O4/c1-2-19-10(16)8-6-4-3-5-7-9-11(17)14-12(18)15(9)13/h9H,2-8,13H2,1H3,(H,14,17,18). The molecule has 3 amide bonds. The highest BCUT2D eigenvalue weighted by molar-refractivity contribution is 6.03. The number of carbonyl (C=O) groups is 3. The van der Waals surface area contributed by atoms with Gasteiger partial charge in [0.05, 0.1) is 6.61 Å². The van der Waals surface area contributed by atoms with Crippen molar-refractivity contribution in [3.8, 4) is 0 Å². The van der Waals surface area contributed by atoms with Crippen LogP contribution in [0.4, 0.5) is 4.79 Å². The molecule has 0 aliphatic carbocycles. The highest BCUT2D eigenvalue weighted by atomic mass is 16.5. The highest BCUT2D eigenvalue weighted by Gasteiger charge is 2.35. The Morgan fingerprint density at radius 1 is 1.32 bits per heavy atom. The van der Waals surface area contributed by atoms with Crippen LogP contribution in [0.1, 0.15) is 45.4 Å². The summed E-state index contributed by atoms with van der Waals surface area (Å²) in [5.41, 5.74) is 0. The van der Waals surface area contributed by atoms with Crippen LogP contribution in [0.5, 0.6) is 0 Å². The van der Waals surface area contributed by atoms with Gasteiger partial charge >= 0.3 is 12.0 Å². The summed E-state index contributed by atoms with van der Waals surface area (Å²) in [6.45, 7) is 2.19. The molecule has 1 heterocycles. The number of hydrogen-bond donors (Lipinski definition) is 2. The van der Waals surface area contributed by atoms with Gasteiger partial charge in [-0.3, -0.25) is 14.9 Å². The van der Waals surface area contributed by atoms with Crippen LogP contribution < -0.4 is 11.2 Å². The van der Waals surface area contributed by atoms with E-state index in [2.05, 4.69) is 5.32 Å². The molecule has 1 fully saturated rings. The Bertz CT molecular complexity index is 346. The number of amides is 3. The van der Waals surface area contributed by atoms with Gasteiger partial charge in [0.1, 0.15) is 6.04 Å². The van der Waals surface area contributed by atoms with Crippen molar-refractivity contribution < 1.29 is 19.1 Å². The van der Waals surface area contributed by atoms with E-state index in [1.807, 2.05) is 0 Å². The molecule has 7 nitrogen and oxygen atoms in total. The zero-order valence-electron chi connectivity index (χ0n) is 11.2. The van der Waals surface area contributed by atoms with Gasteiger partial charge in [-0.05, 0) is 19.8 Å². The highest BCUT2D eigenvalue weighted by Crippen LogP contribution is 2.13. The van der Waals surface area contributed by atoms with Gasteiger partial charge in [-0.2, -0.15) is 0 Å². The minimum Gasteiger partial charge on any atom is -0.466 e. The van der Waals surface area contributed by atoms with E-state index >= 15 is 0 Å². The van der Waals surface area contributed by atoms with Crippen molar-refractivity contribution in [2.45, 2.75) is 51.5 Å². The molecule has 0 spiro atoms. The van der Waals surface area contributed by atoms with E-state index in [-0.39, 0.29) is 11.9 Å².